The van der Waals surface area contributed by atoms with Gasteiger partial charge in [-0.25, -0.2) is 19.0 Å². The Balaban J connectivity index is 1.69. The summed E-state index contributed by atoms with van der Waals surface area (Å²) in [4.78, 5) is 39.6. The molecule has 2 saturated heterocycles. The Morgan fingerprint density at radius 2 is 1.57 bits per heavy atom. The molecule has 10 heteroatoms. The molecule has 9 nitrogen and oxygen atoms in total. The maximum Gasteiger partial charge on any atom is 0.333 e. The van der Waals surface area contributed by atoms with Crippen LogP contribution in [-0.4, -0.2) is 61.7 Å². The van der Waals surface area contributed by atoms with Crippen molar-refractivity contribution in [1.29, 1.82) is 0 Å². The quantitative estimate of drug-likeness (QED) is 0.272. The molecule has 2 aliphatic rings. The predicted octanol–water partition coefficient (Wildman–Crippen LogP) is 0.996. The number of rotatable bonds is 15. The van der Waals surface area contributed by atoms with Crippen LogP contribution >= 0.6 is 11.8 Å². The lowest BCUT2D eigenvalue weighted by Crippen LogP contribution is -2.51. The first-order chi connectivity index (χ1) is 14.4. The van der Waals surface area contributed by atoms with Crippen LogP contribution in [0.25, 0.3) is 0 Å². The van der Waals surface area contributed by atoms with Crippen LogP contribution in [-0.2, 0) is 16.0 Å². The van der Waals surface area contributed by atoms with Crippen molar-refractivity contribution in [3.8, 4) is 0 Å². The van der Waals surface area contributed by atoms with Gasteiger partial charge in [-0.2, -0.15) is 11.8 Å². The third-order valence-corrected chi connectivity index (χ3v) is 7.41. The highest BCUT2D eigenvalue weighted by Gasteiger charge is 2.47. The second-order valence-corrected chi connectivity index (χ2v) is 9.83. The summed E-state index contributed by atoms with van der Waals surface area (Å²) in [7, 11) is 0. The van der Waals surface area contributed by atoms with Gasteiger partial charge in [0.2, 0.25) is 0 Å². The van der Waals surface area contributed by atoms with Gasteiger partial charge in [0.1, 0.15) is 0 Å². The summed E-state index contributed by atoms with van der Waals surface area (Å²) >= 11 is 1.70. The highest BCUT2D eigenvalue weighted by molar-refractivity contribution is 8.00. The van der Waals surface area contributed by atoms with Gasteiger partial charge in [0.15, 0.2) is 0 Å². The number of nitrogens with one attached hydrogen (secondary N) is 2. The van der Waals surface area contributed by atoms with Crippen LogP contribution in [0.5, 0.6) is 0 Å². The number of thioether (sulfide) groups is 1. The average Bonchev–Trinajstić information content (AvgIpc) is 3.61. The molecule has 2 aliphatic heterocycles. The number of aromatic nitrogens is 3. The standard InChI is InChI=1S/C20H33N3O6S/c1-2-3-4-5-6-7-8-30-20(9-14-12-28-14,10-15-13-29-15)16(24)11-23-18(26)21-17(25)22-19(23)27/h14-16,24H,2-13H2,1H3,(H2,21,22,25,26,27). The molecule has 3 N–H and O–H groups in total. The molecule has 2 fully saturated rings. The summed E-state index contributed by atoms with van der Waals surface area (Å²) in [6.07, 6.45) is 7.64. The van der Waals surface area contributed by atoms with Crippen molar-refractivity contribution in [3.63, 3.8) is 0 Å². The maximum atomic E-state index is 12.1. The molecule has 3 rings (SSSR count). The van der Waals surface area contributed by atoms with Crippen molar-refractivity contribution in [1.82, 2.24) is 14.5 Å². The summed E-state index contributed by atoms with van der Waals surface area (Å²) in [6, 6.07) is 0. The minimum atomic E-state index is -0.958. The van der Waals surface area contributed by atoms with E-state index < -0.39 is 27.9 Å². The molecular formula is C20H33N3O6S. The largest absolute Gasteiger partial charge is 0.390 e. The van der Waals surface area contributed by atoms with Crippen molar-refractivity contribution >= 4 is 11.8 Å². The molecule has 0 radical (unpaired) electrons. The topological polar surface area (TPSA) is 133 Å². The highest BCUT2D eigenvalue weighted by Crippen LogP contribution is 2.44. The fourth-order valence-corrected chi connectivity index (χ4v) is 5.46. The van der Waals surface area contributed by atoms with Gasteiger partial charge in [-0.15, -0.1) is 0 Å². The smallest absolute Gasteiger partial charge is 0.333 e. The molecule has 3 atom stereocenters. The highest BCUT2D eigenvalue weighted by atomic mass is 32.2. The molecule has 0 spiro atoms. The van der Waals surface area contributed by atoms with E-state index in [4.69, 9.17) is 9.47 Å². The second-order valence-electron chi connectivity index (χ2n) is 8.32. The summed E-state index contributed by atoms with van der Waals surface area (Å²) in [6.45, 7) is 3.34. The Kier molecular flexibility index (Phi) is 8.38. The van der Waals surface area contributed by atoms with Crippen LogP contribution in [0.15, 0.2) is 14.4 Å². The molecule has 0 saturated carbocycles. The van der Waals surface area contributed by atoms with Crippen molar-refractivity contribution in [2.45, 2.75) is 87.9 Å². The van der Waals surface area contributed by atoms with E-state index >= 15 is 0 Å². The Morgan fingerprint density at radius 3 is 2.10 bits per heavy atom. The maximum absolute atomic E-state index is 12.1. The summed E-state index contributed by atoms with van der Waals surface area (Å²) in [5.74, 6) is 0.888. The van der Waals surface area contributed by atoms with E-state index in [1.54, 1.807) is 11.8 Å². The van der Waals surface area contributed by atoms with Crippen molar-refractivity contribution in [3.05, 3.63) is 31.5 Å². The lowest BCUT2D eigenvalue weighted by atomic mass is 9.90. The van der Waals surface area contributed by atoms with Crippen LogP contribution in [0.2, 0.25) is 0 Å². The number of H-pyrrole nitrogens is 2. The number of ether oxygens (including phenoxy) is 2. The zero-order valence-corrected chi connectivity index (χ0v) is 18.4. The molecule has 0 aliphatic carbocycles. The van der Waals surface area contributed by atoms with Gasteiger partial charge in [-0.3, -0.25) is 9.97 Å². The van der Waals surface area contributed by atoms with Gasteiger partial charge in [-0.1, -0.05) is 39.0 Å². The molecule has 3 unspecified atom stereocenters. The zero-order chi connectivity index (χ0) is 21.6. The van der Waals surface area contributed by atoms with Crippen molar-refractivity contribution in [2.75, 3.05) is 19.0 Å². The molecule has 0 bridgehead atoms. The molecule has 0 aromatic carbocycles. The SMILES string of the molecule is CCCCCCCCSC(CC1CO1)(CC1CO1)C(O)Cn1c(=O)[nH]c(=O)[nH]c1=O. The van der Waals surface area contributed by atoms with Crippen LogP contribution in [0.3, 0.4) is 0 Å². The van der Waals surface area contributed by atoms with Crippen molar-refractivity contribution in [2.24, 2.45) is 0 Å². The van der Waals surface area contributed by atoms with Gasteiger partial charge >= 0.3 is 17.1 Å². The molecule has 3 heterocycles. The summed E-state index contributed by atoms with van der Waals surface area (Å²) in [5, 5.41) is 11.2. The Morgan fingerprint density at radius 1 is 1.03 bits per heavy atom. The van der Waals surface area contributed by atoms with E-state index in [1.807, 2.05) is 9.97 Å². The average molecular weight is 444 g/mol. The lowest BCUT2D eigenvalue weighted by Gasteiger charge is -2.37. The Hall–Kier alpha value is -1.36. The van der Waals surface area contributed by atoms with E-state index in [2.05, 4.69) is 6.92 Å². The number of aliphatic hydroxyl groups excluding tert-OH is 1. The minimum absolute atomic E-state index is 0.0843. The zero-order valence-electron chi connectivity index (χ0n) is 17.6. The van der Waals surface area contributed by atoms with E-state index in [0.717, 1.165) is 23.2 Å². The molecule has 170 valence electrons. The number of aliphatic hydroxyl groups is 1. The van der Waals surface area contributed by atoms with Crippen LogP contribution in [0, 0.1) is 0 Å². The molecule has 1 aromatic rings. The fraction of sp³-hybridized carbons (Fsp3) is 0.850. The van der Waals surface area contributed by atoms with E-state index in [0.29, 0.717) is 26.1 Å². The summed E-state index contributed by atoms with van der Waals surface area (Å²) < 4.78 is 11.2. The normalized spacial score (nSPS) is 23.1. The third kappa shape index (κ3) is 6.83. The minimum Gasteiger partial charge on any atom is -0.390 e. The van der Waals surface area contributed by atoms with Crippen molar-refractivity contribution < 1.29 is 14.6 Å². The van der Waals surface area contributed by atoms with Crippen LogP contribution in [0.1, 0.15) is 58.3 Å². The van der Waals surface area contributed by atoms with Crippen LogP contribution < -0.4 is 17.1 Å². The fourth-order valence-electron chi connectivity index (χ4n) is 3.83. The van der Waals surface area contributed by atoms with Gasteiger partial charge in [-0.05, 0) is 25.0 Å². The summed E-state index contributed by atoms with van der Waals surface area (Å²) in [5.41, 5.74) is -2.48. The van der Waals surface area contributed by atoms with Crippen LogP contribution in [0.4, 0.5) is 0 Å². The second kappa shape index (κ2) is 10.8. The van der Waals surface area contributed by atoms with E-state index in [9.17, 15) is 19.5 Å². The first-order valence-corrected chi connectivity index (χ1v) is 11.9. The van der Waals surface area contributed by atoms with Gasteiger partial charge in [0.25, 0.3) is 0 Å². The Bertz CT molecular complexity index is 794. The molecule has 1 aromatic heterocycles. The molecule has 0 amide bonds. The number of aromatic amines is 2. The number of hydrogen-bond donors (Lipinski definition) is 3. The first kappa shape index (κ1) is 23.3. The molecular weight excluding hydrogens is 410 g/mol. The molecule has 30 heavy (non-hydrogen) atoms. The van der Waals surface area contributed by atoms with Gasteiger partial charge < -0.3 is 14.6 Å². The monoisotopic (exact) mass is 443 g/mol. The predicted molar refractivity (Wildman–Crippen MR) is 115 cm³/mol. The van der Waals surface area contributed by atoms with Gasteiger partial charge in [0.05, 0.1) is 38.1 Å². The van der Waals surface area contributed by atoms with E-state index in [1.165, 1.54) is 25.7 Å². The Labute approximate surface area is 179 Å². The van der Waals surface area contributed by atoms with E-state index in [-0.39, 0.29) is 18.8 Å². The lowest BCUT2D eigenvalue weighted by molar-refractivity contribution is 0.0888. The number of unbranched alkanes of at least 4 members (excludes halogenated alkanes) is 5. The number of hydrogen-bond acceptors (Lipinski definition) is 7. The third-order valence-electron chi connectivity index (χ3n) is 5.73. The number of nitrogens with zero attached hydrogens (tertiary/aromatic N) is 1. The first-order valence-electron chi connectivity index (χ1n) is 10.9. The van der Waals surface area contributed by atoms with Gasteiger partial charge in [0, 0.05) is 4.75 Å². The number of epoxide rings is 2.